The van der Waals surface area contributed by atoms with Crippen LogP contribution in [-0.4, -0.2) is 19.1 Å². The highest BCUT2D eigenvalue weighted by Gasteiger charge is 2.06. The van der Waals surface area contributed by atoms with Crippen LogP contribution in [0.2, 0.25) is 0 Å². The van der Waals surface area contributed by atoms with Crippen LogP contribution in [0.4, 0.5) is 11.4 Å². The standard InChI is InChI=1S/C14H17N3O2/c1-9-4-7-13(17-14(9)18-3)19-10-5-6-11(15)12(8-10)16-2/h4-8,16H,15H2,1-3H3. The fourth-order valence-electron chi connectivity index (χ4n) is 1.69. The van der Waals surface area contributed by atoms with Crippen LogP contribution in [0, 0.1) is 6.92 Å². The molecule has 1 aromatic carbocycles. The molecule has 0 unspecified atom stereocenters. The van der Waals surface area contributed by atoms with E-state index in [0.717, 1.165) is 11.3 Å². The Bertz CT molecular complexity index is 533. The Balaban J connectivity index is 2.25. The van der Waals surface area contributed by atoms with Crippen LogP contribution >= 0.6 is 0 Å². The zero-order valence-electron chi connectivity index (χ0n) is 11.2. The highest BCUT2D eigenvalue weighted by Crippen LogP contribution is 2.28. The smallest absolute Gasteiger partial charge is 0.222 e. The fourth-order valence-corrected chi connectivity index (χ4v) is 1.69. The number of aryl methyl sites for hydroxylation is 1. The molecule has 1 heterocycles. The Morgan fingerprint density at radius 3 is 2.68 bits per heavy atom. The number of nitrogens with one attached hydrogen (secondary N) is 1. The molecule has 2 aromatic rings. The summed E-state index contributed by atoms with van der Waals surface area (Å²) in [6, 6.07) is 9.10. The maximum Gasteiger partial charge on any atom is 0.222 e. The Kier molecular flexibility index (Phi) is 3.75. The predicted octanol–water partition coefficient (Wildman–Crippen LogP) is 2.81. The molecule has 0 spiro atoms. The maximum atomic E-state index is 5.81. The second kappa shape index (κ2) is 5.48. The minimum Gasteiger partial charge on any atom is -0.481 e. The van der Waals surface area contributed by atoms with E-state index in [1.807, 2.05) is 26.1 Å². The van der Waals surface area contributed by atoms with E-state index in [2.05, 4.69) is 10.3 Å². The molecule has 0 aliphatic carbocycles. The third-order valence-electron chi connectivity index (χ3n) is 2.73. The second-order valence-electron chi connectivity index (χ2n) is 4.08. The van der Waals surface area contributed by atoms with Gasteiger partial charge in [-0.3, -0.25) is 0 Å². The van der Waals surface area contributed by atoms with Gasteiger partial charge in [0, 0.05) is 24.7 Å². The van der Waals surface area contributed by atoms with Crippen molar-refractivity contribution in [3.05, 3.63) is 35.9 Å². The Morgan fingerprint density at radius 1 is 1.21 bits per heavy atom. The molecule has 0 saturated carbocycles. The van der Waals surface area contributed by atoms with Crippen molar-refractivity contribution in [1.29, 1.82) is 0 Å². The zero-order valence-corrected chi connectivity index (χ0v) is 11.2. The summed E-state index contributed by atoms with van der Waals surface area (Å²) < 4.78 is 10.9. The largest absolute Gasteiger partial charge is 0.481 e. The van der Waals surface area contributed by atoms with Crippen LogP contribution in [0.15, 0.2) is 30.3 Å². The molecule has 0 saturated heterocycles. The molecule has 100 valence electrons. The molecule has 1 aromatic heterocycles. The van der Waals surface area contributed by atoms with Gasteiger partial charge < -0.3 is 20.5 Å². The number of nitrogen functional groups attached to an aromatic ring is 1. The van der Waals surface area contributed by atoms with Crippen LogP contribution in [0.1, 0.15) is 5.56 Å². The van der Waals surface area contributed by atoms with Crippen molar-refractivity contribution in [3.8, 4) is 17.5 Å². The van der Waals surface area contributed by atoms with Crippen molar-refractivity contribution in [3.63, 3.8) is 0 Å². The fraction of sp³-hybridized carbons (Fsp3) is 0.214. The van der Waals surface area contributed by atoms with Crippen molar-refractivity contribution >= 4 is 11.4 Å². The summed E-state index contributed by atoms with van der Waals surface area (Å²) in [6.45, 7) is 1.93. The Hall–Kier alpha value is -2.43. The van der Waals surface area contributed by atoms with E-state index < -0.39 is 0 Å². The van der Waals surface area contributed by atoms with Gasteiger partial charge in [-0.15, -0.1) is 0 Å². The molecule has 0 fully saturated rings. The van der Waals surface area contributed by atoms with E-state index in [9.17, 15) is 0 Å². The quantitative estimate of drug-likeness (QED) is 0.826. The lowest BCUT2D eigenvalue weighted by Crippen LogP contribution is -1.97. The molecule has 5 heteroatoms. The number of aromatic nitrogens is 1. The number of methoxy groups -OCH3 is 1. The predicted molar refractivity (Wildman–Crippen MR) is 76.0 cm³/mol. The number of anilines is 2. The Labute approximate surface area is 112 Å². The molecule has 3 N–H and O–H groups in total. The van der Waals surface area contributed by atoms with Gasteiger partial charge in [-0.1, -0.05) is 0 Å². The monoisotopic (exact) mass is 259 g/mol. The summed E-state index contributed by atoms with van der Waals surface area (Å²) in [5, 5.41) is 3.00. The SMILES string of the molecule is CNc1cc(Oc2ccc(C)c(OC)n2)ccc1N. The van der Waals surface area contributed by atoms with Crippen molar-refractivity contribution in [2.24, 2.45) is 0 Å². The third-order valence-corrected chi connectivity index (χ3v) is 2.73. The van der Waals surface area contributed by atoms with E-state index in [1.165, 1.54) is 0 Å². The van der Waals surface area contributed by atoms with Crippen LogP contribution in [0.5, 0.6) is 17.5 Å². The second-order valence-corrected chi connectivity index (χ2v) is 4.08. The number of rotatable bonds is 4. The van der Waals surface area contributed by atoms with E-state index in [4.69, 9.17) is 15.2 Å². The first-order chi connectivity index (χ1) is 9.13. The molecule has 0 radical (unpaired) electrons. The lowest BCUT2D eigenvalue weighted by Gasteiger charge is -2.10. The van der Waals surface area contributed by atoms with Crippen molar-refractivity contribution in [2.75, 3.05) is 25.2 Å². The summed E-state index contributed by atoms with van der Waals surface area (Å²) in [5.74, 6) is 1.70. The lowest BCUT2D eigenvalue weighted by molar-refractivity contribution is 0.380. The van der Waals surface area contributed by atoms with Gasteiger partial charge in [0.15, 0.2) is 0 Å². The Morgan fingerprint density at radius 2 is 2.00 bits per heavy atom. The summed E-state index contributed by atoms with van der Waals surface area (Å²) >= 11 is 0. The minimum absolute atomic E-state index is 0.481. The van der Waals surface area contributed by atoms with E-state index in [1.54, 1.807) is 25.3 Å². The number of hydrogen-bond acceptors (Lipinski definition) is 5. The number of nitrogens with zero attached hydrogens (tertiary/aromatic N) is 1. The number of hydrogen-bond donors (Lipinski definition) is 2. The van der Waals surface area contributed by atoms with Crippen molar-refractivity contribution < 1.29 is 9.47 Å². The molecular formula is C14H17N3O2. The summed E-state index contributed by atoms with van der Waals surface area (Å²) in [5.41, 5.74) is 8.25. The summed E-state index contributed by atoms with van der Waals surface area (Å²) in [7, 11) is 3.39. The topological polar surface area (TPSA) is 69.4 Å². The first-order valence-corrected chi connectivity index (χ1v) is 5.91. The molecule has 5 nitrogen and oxygen atoms in total. The van der Waals surface area contributed by atoms with Crippen LogP contribution in [-0.2, 0) is 0 Å². The number of ether oxygens (including phenoxy) is 2. The number of pyridine rings is 1. The van der Waals surface area contributed by atoms with Crippen molar-refractivity contribution in [2.45, 2.75) is 6.92 Å². The highest BCUT2D eigenvalue weighted by molar-refractivity contribution is 5.68. The maximum absolute atomic E-state index is 5.81. The lowest BCUT2D eigenvalue weighted by atomic mass is 10.2. The van der Waals surface area contributed by atoms with Crippen LogP contribution in [0.25, 0.3) is 0 Å². The molecular weight excluding hydrogens is 242 g/mol. The average Bonchev–Trinajstić information content (AvgIpc) is 2.43. The molecule has 0 aliphatic heterocycles. The first kappa shape index (κ1) is 13.0. The molecule has 0 amide bonds. The van der Waals surface area contributed by atoms with Gasteiger partial charge in [0.2, 0.25) is 11.8 Å². The number of benzene rings is 1. The molecule has 0 bridgehead atoms. The molecule has 0 aliphatic rings. The molecule has 0 atom stereocenters. The van der Waals surface area contributed by atoms with Gasteiger partial charge in [-0.05, 0) is 25.1 Å². The number of nitrogens with two attached hydrogens (primary N) is 1. The van der Waals surface area contributed by atoms with Crippen LogP contribution in [0.3, 0.4) is 0 Å². The highest BCUT2D eigenvalue weighted by atomic mass is 16.5. The van der Waals surface area contributed by atoms with Gasteiger partial charge in [0.25, 0.3) is 0 Å². The van der Waals surface area contributed by atoms with Gasteiger partial charge in [-0.2, -0.15) is 4.98 Å². The third kappa shape index (κ3) is 2.88. The zero-order chi connectivity index (χ0) is 13.8. The van der Waals surface area contributed by atoms with E-state index in [0.29, 0.717) is 23.2 Å². The summed E-state index contributed by atoms with van der Waals surface area (Å²) in [6.07, 6.45) is 0. The van der Waals surface area contributed by atoms with Gasteiger partial charge in [0.1, 0.15) is 5.75 Å². The molecule has 2 rings (SSSR count). The van der Waals surface area contributed by atoms with Crippen molar-refractivity contribution in [1.82, 2.24) is 4.98 Å². The first-order valence-electron chi connectivity index (χ1n) is 5.91. The minimum atomic E-state index is 0.481. The summed E-state index contributed by atoms with van der Waals surface area (Å²) in [4.78, 5) is 4.27. The normalized spacial score (nSPS) is 10.1. The van der Waals surface area contributed by atoms with Gasteiger partial charge in [-0.25, -0.2) is 0 Å². The van der Waals surface area contributed by atoms with E-state index >= 15 is 0 Å². The van der Waals surface area contributed by atoms with E-state index in [-0.39, 0.29) is 0 Å². The van der Waals surface area contributed by atoms with Crippen LogP contribution < -0.4 is 20.5 Å². The van der Waals surface area contributed by atoms with Gasteiger partial charge >= 0.3 is 0 Å². The van der Waals surface area contributed by atoms with Gasteiger partial charge in [0.05, 0.1) is 18.5 Å². The average molecular weight is 259 g/mol. The molecule has 19 heavy (non-hydrogen) atoms.